The summed E-state index contributed by atoms with van der Waals surface area (Å²) in [5, 5.41) is 11.2. The second-order valence-electron chi connectivity index (χ2n) is 8.51. The van der Waals surface area contributed by atoms with E-state index in [9.17, 15) is 9.18 Å². The van der Waals surface area contributed by atoms with Crippen LogP contribution in [0.2, 0.25) is 0 Å². The van der Waals surface area contributed by atoms with Crippen molar-refractivity contribution in [2.45, 2.75) is 19.4 Å². The third-order valence-corrected chi connectivity index (χ3v) is 6.10. The lowest BCUT2D eigenvalue weighted by Crippen LogP contribution is -2.36. The fraction of sp³-hybridized carbons (Fsp3) is 0.154. The molecule has 0 radical (unpaired) electrons. The molecule has 1 unspecified atom stereocenters. The first kappa shape index (κ1) is 21.8. The number of allylic oxidation sites excluding steroid dienone is 1. The van der Waals surface area contributed by atoms with Crippen molar-refractivity contribution in [1.82, 2.24) is 35.5 Å². The first-order chi connectivity index (χ1) is 17.6. The Balaban J connectivity index is 1.40. The molecule has 5 heterocycles. The Kier molecular flexibility index (Phi) is 5.33. The van der Waals surface area contributed by atoms with E-state index in [1.807, 2.05) is 19.1 Å². The molecule has 0 aliphatic carbocycles. The second-order valence-corrected chi connectivity index (χ2v) is 8.51. The van der Waals surface area contributed by atoms with Gasteiger partial charge < -0.3 is 10.3 Å². The van der Waals surface area contributed by atoms with Gasteiger partial charge >= 0.3 is 0 Å². The molecule has 0 saturated heterocycles. The maximum atomic E-state index is 13.4. The highest BCUT2D eigenvalue weighted by molar-refractivity contribution is 6.11. The number of carbonyl (C=O) groups is 1. The van der Waals surface area contributed by atoms with E-state index in [1.54, 1.807) is 36.9 Å². The van der Waals surface area contributed by atoms with Gasteiger partial charge in [-0.1, -0.05) is 25.1 Å². The highest BCUT2D eigenvalue weighted by Crippen LogP contribution is 2.31. The van der Waals surface area contributed by atoms with Crippen LogP contribution in [0.4, 0.5) is 4.39 Å². The van der Waals surface area contributed by atoms with Gasteiger partial charge in [-0.2, -0.15) is 5.10 Å². The van der Waals surface area contributed by atoms with Gasteiger partial charge in [0.25, 0.3) is 0 Å². The summed E-state index contributed by atoms with van der Waals surface area (Å²) in [5.74, 6) is 0.244. The summed E-state index contributed by atoms with van der Waals surface area (Å²) < 4.78 is 13.4. The van der Waals surface area contributed by atoms with Crippen LogP contribution < -0.4 is 5.32 Å². The molecule has 178 valence electrons. The fourth-order valence-electron chi connectivity index (χ4n) is 4.27. The number of aromatic amines is 2. The Bertz CT molecular complexity index is 1660. The third kappa shape index (κ3) is 3.92. The number of aromatic nitrogens is 6. The molecule has 9 nitrogen and oxygen atoms in total. The molecule has 0 fully saturated rings. The highest BCUT2D eigenvalue weighted by Gasteiger charge is 2.18. The Hall–Kier alpha value is -4.73. The van der Waals surface area contributed by atoms with E-state index in [0.717, 1.165) is 33.2 Å². The number of nitrogens with one attached hydrogen (secondary N) is 3. The predicted octanol–water partition coefficient (Wildman–Crippen LogP) is 4.06. The van der Waals surface area contributed by atoms with Crippen LogP contribution in [-0.2, 0) is 4.79 Å². The number of carbonyl (C=O) groups excluding carboxylic acids is 1. The number of dihydropyridines is 1. The van der Waals surface area contributed by atoms with E-state index in [2.05, 4.69) is 35.5 Å². The summed E-state index contributed by atoms with van der Waals surface area (Å²) in [6.07, 6.45) is 9.37. The van der Waals surface area contributed by atoms with Crippen LogP contribution in [0.15, 0.2) is 60.0 Å². The first-order valence-corrected chi connectivity index (χ1v) is 11.5. The van der Waals surface area contributed by atoms with Crippen LogP contribution in [0.5, 0.6) is 0 Å². The number of aliphatic imine (C=N–C) groups is 1. The average Bonchev–Trinajstić information content (AvgIpc) is 3.53. The quantitative estimate of drug-likeness (QED) is 0.350. The predicted molar refractivity (Wildman–Crippen MR) is 136 cm³/mol. The lowest BCUT2D eigenvalue weighted by Gasteiger charge is -2.17. The minimum Gasteiger partial charge on any atom is -0.348 e. The number of hydrogen-bond donors (Lipinski definition) is 3. The number of pyridine rings is 2. The van der Waals surface area contributed by atoms with E-state index < -0.39 is 0 Å². The molecule has 1 atom stereocenters. The maximum absolute atomic E-state index is 13.4. The van der Waals surface area contributed by atoms with Gasteiger partial charge in [-0.25, -0.2) is 14.4 Å². The zero-order chi connectivity index (χ0) is 24.6. The van der Waals surface area contributed by atoms with Gasteiger partial charge in [0.1, 0.15) is 11.5 Å². The molecule has 5 aromatic rings. The van der Waals surface area contributed by atoms with Gasteiger partial charge in [-0.3, -0.25) is 19.9 Å². The van der Waals surface area contributed by atoms with Crippen molar-refractivity contribution in [2.75, 3.05) is 6.54 Å². The topological polar surface area (TPSA) is 125 Å². The molecule has 1 amide bonds. The van der Waals surface area contributed by atoms with Crippen LogP contribution in [0.1, 0.15) is 18.9 Å². The van der Waals surface area contributed by atoms with E-state index >= 15 is 0 Å². The molecule has 3 N–H and O–H groups in total. The molecule has 0 spiro atoms. The van der Waals surface area contributed by atoms with Crippen LogP contribution >= 0.6 is 0 Å². The fourth-order valence-corrected chi connectivity index (χ4v) is 4.27. The molecule has 1 aliphatic heterocycles. The Morgan fingerprint density at radius 3 is 2.86 bits per heavy atom. The molecule has 1 aromatic carbocycles. The van der Waals surface area contributed by atoms with Gasteiger partial charge in [0.05, 0.1) is 35.2 Å². The molecule has 4 aromatic heterocycles. The van der Waals surface area contributed by atoms with E-state index in [-0.39, 0.29) is 17.8 Å². The highest BCUT2D eigenvalue weighted by atomic mass is 19.1. The number of H-pyrrole nitrogens is 2. The summed E-state index contributed by atoms with van der Waals surface area (Å²) in [6, 6.07) is 8.06. The average molecular weight is 481 g/mol. The lowest BCUT2D eigenvalue weighted by molar-refractivity contribution is -0.121. The Morgan fingerprint density at radius 2 is 2.03 bits per heavy atom. The van der Waals surface area contributed by atoms with E-state index in [0.29, 0.717) is 35.6 Å². The van der Waals surface area contributed by atoms with E-state index in [1.165, 1.54) is 12.1 Å². The van der Waals surface area contributed by atoms with Crippen molar-refractivity contribution in [3.63, 3.8) is 0 Å². The standard InChI is InChI=1S/C26H21FN8O/c1-2-22(36)31-18-7-15(9-28-11-18)16-8-19-24(34-35-25(19)30-10-16)26-32-21-13-29-12-20(23(21)33-26)14-3-5-17(27)6-4-14/h3-10,12-13,18H,2,11H2,1H3,(H,31,36)(H,32,33)(H,30,34,35). The van der Waals surface area contributed by atoms with Crippen molar-refractivity contribution in [1.29, 1.82) is 0 Å². The van der Waals surface area contributed by atoms with Crippen LogP contribution in [0, 0.1) is 5.82 Å². The second kappa shape index (κ2) is 8.81. The number of rotatable bonds is 5. The molecule has 1 aliphatic rings. The number of halogens is 1. The summed E-state index contributed by atoms with van der Waals surface area (Å²) >= 11 is 0. The zero-order valence-corrected chi connectivity index (χ0v) is 19.3. The normalized spacial score (nSPS) is 15.4. The number of imidazole rings is 1. The first-order valence-electron chi connectivity index (χ1n) is 11.5. The Morgan fingerprint density at radius 1 is 1.17 bits per heavy atom. The number of nitrogens with zero attached hydrogens (tertiary/aromatic N) is 5. The SMILES string of the molecule is CCC(=O)NC1C=C(c2cnc3[nH]nc(-c4nc5c(-c6ccc(F)cc6)cncc5[nH]4)c3c2)C=NC1. The lowest BCUT2D eigenvalue weighted by atomic mass is 10.0. The van der Waals surface area contributed by atoms with Crippen molar-refractivity contribution >= 4 is 39.8 Å². The monoisotopic (exact) mass is 480 g/mol. The maximum Gasteiger partial charge on any atom is 0.220 e. The molecule has 0 bridgehead atoms. The largest absolute Gasteiger partial charge is 0.348 e. The molecule has 36 heavy (non-hydrogen) atoms. The molecule has 10 heteroatoms. The summed E-state index contributed by atoms with van der Waals surface area (Å²) in [4.78, 5) is 33.2. The molecular weight excluding hydrogens is 459 g/mol. The van der Waals surface area contributed by atoms with Crippen molar-refractivity contribution < 1.29 is 9.18 Å². The van der Waals surface area contributed by atoms with Crippen LogP contribution in [0.25, 0.3) is 50.3 Å². The van der Waals surface area contributed by atoms with Crippen molar-refractivity contribution in [3.05, 3.63) is 66.4 Å². The van der Waals surface area contributed by atoms with Gasteiger partial charge in [0, 0.05) is 36.2 Å². The minimum absolute atomic E-state index is 0.0159. The van der Waals surface area contributed by atoms with Crippen molar-refractivity contribution in [3.8, 4) is 22.6 Å². The molecule has 6 rings (SSSR count). The summed E-state index contributed by atoms with van der Waals surface area (Å²) in [6.45, 7) is 2.33. The van der Waals surface area contributed by atoms with E-state index in [4.69, 9.17) is 4.98 Å². The number of amides is 1. The Labute approximate surface area is 204 Å². The van der Waals surface area contributed by atoms with Gasteiger partial charge in [-0.15, -0.1) is 0 Å². The zero-order valence-electron chi connectivity index (χ0n) is 19.3. The number of hydrogen-bond acceptors (Lipinski definition) is 6. The van der Waals surface area contributed by atoms with Crippen molar-refractivity contribution in [2.24, 2.45) is 4.99 Å². The third-order valence-electron chi connectivity index (χ3n) is 6.10. The molecule has 0 saturated carbocycles. The molecular formula is C26H21FN8O. The number of benzene rings is 1. The van der Waals surface area contributed by atoms with Gasteiger partial charge in [-0.05, 0) is 29.3 Å². The van der Waals surface area contributed by atoms with Gasteiger partial charge in [0.2, 0.25) is 5.91 Å². The minimum atomic E-state index is -0.301. The van der Waals surface area contributed by atoms with Gasteiger partial charge in [0.15, 0.2) is 11.5 Å². The smallest absolute Gasteiger partial charge is 0.220 e. The van der Waals surface area contributed by atoms with Crippen LogP contribution in [0.3, 0.4) is 0 Å². The van der Waals surface area contributed by atoms with Crippen LogP contribution in [-0.4, -0.2) is 54.8 Å². The summed E-state index contributed by atoms with van der Waals surface area (Å²) in [5.41, 5.74) is 6.02. The summed E-state index contributed by atoms with van der Waals surface area (Å²) in [7, 11) is 0. The number of fused-ring (bicyclic) bond motifs is 2.